The minimum atomic E-state index is -3.24. The van der Waals surface area contributed by atoms with Crippen molar-refractivity contribution in [3.8, 4) is 0 Å². The van der Waals surface area contributed by atoms with Crippen LogP contribution in [0.25, 0.3) is 0 Å². The Morgan fingerprint density at radius 1 is 0.510 bits per heavy atom. The summed E-state index contributed by atoms with van der Waals surface area (Å²) in [6.45, 7) is 50.8. The Morgan fingerprint density at radius 2 is 0.735 bits per heavy atom. The first-order valence-corrected chi connectivity index (χ1v) is 41.4. The van der Waals surface area contributed by atoms with Crippen LogP contribution in [0, 0.1) is 0 Å². The summed E-state index contributed by atoms with van der Waals surface area (Å²) in [6.07, 6.45) is 2.36. The third-order valence-corrected chi connectivity index (χ3v) is 29.4. The van der Waals surface area contributed by atoms with Crippen molar-refractivity contribution in [3.05, 3.63) is 24.8 Å². The van der Waals surface area contributed by atoms with Crippen LogP contribution in [0.2, 0.25) is 118 Å². The van der Waals surface area contributed by atoms with Gasteiger partial charge in [-0.3, -0.25) is 0 Å². The van der Waals surface area contributed by atoms with E-state index in [1.807, 2.05) is 13.8 Å². The molecule has 0 spiro atoms. The van der Waals surface area contributed by atoms with Gasteiger partial charge in [0, 0.05) is 11.6 Å². The van der Waals surface area contributed by atoms with Crippen LogP contribution in [0.15, 0.2) is 24.8 Å². The fourth-order valence-electron chi connectivity index (χ4n) is 4.31. The zero-order valence-corrected chi connectivity index (χ0v) is 43.1. The largest absolute Gasteiger partial charge is 0.512 e. The first-order chi connectivity index (χ1) is 21.4. The monoisotopic (exact) mass is 830 g/mol. The number of hydrogen-bond donors (Lipinski definition) is 0. The highest BCUT2D eigenvalue weighted by molar-refractivity contribution is 6.91. The zero-order valence-electron chi connectivity index (χ0n) is 35.1. The summed E-state index contributed by atoms with van der Waals surface area (Å²) in [5.41, 5.74) is -0.648. The molecule has 0 amide bonds. The summed E-state index contributed by atoms with van der Waals surface area (Å²) < 4.78 is 51.0. The van der Waals surface area contributed by atoms with Crippen LogP contribution in [0.3, 0.4) is 0 Å². The Balaban J connectivity index is 0. The molecular weight excluding hydrogens is 757 g/mol. The Morgan fingerprint density at radius 3 is 0.898 bits per heavy atom. The van der Waals surface area contributed by atoms with Crippen LogP contribution in [-0.2, 0) is 43.8 Å². The maximum absolute atomic E-state index is 12.2. The van der Waals surface area contributed by atoms with Crippen molar-refractivity contribution in [3.63, 3.8) is 0 Å². The fourth-order valence-corrected chi connectivity index (χ4v) is 32.7. The lowest BCUT2D eigenvalue weighted by Crippen LogP contribution is -2.67. The van der Waals surface area contributed by atoms with E-state index < -0.39 is 90.9 Å². The van der Waals surface area contributed by atoms with Gasteiger partial charge in [-0.2, -0.15) is 0 Å². The minimum absolute atomic E-state index is 0.371. The topological polar surface area (TPSA) is 108 Å². The molecule has 0 aliphatic rings. The number of hydrogen-bond acceptors (Lipinski definition) is 10. The third kappa shape index (κ3) is 23.2. The Kier molecular flexibility index (Phi) is 20.1. The van der Waals surface area contributed by atoms with Crippen LogP contribution in [0.5, 0.6) is 0 Å². The van der Waals surface area contributed by atoms with Gasteiger partial charge < -0.3 is 34.2 Å². The van der Waals surface area contributed by atoms with E-state index in [1.54, 1.807) is 6.92 Å². The van der Waals surface area contributed by atoms with Crippen molar-refractivity contribution in [1.82, 2.24) is 0 Å². The molecule has 0 rings (SSSR count). The van der Waals surface area contributed by atoms with Gasteiger partial charge in [-0.15, -0.1) is 0 Å². The number of esters is 2. The third-order valence-electron chi connectivity index (χ3n) is 5.24. The predicted molar refractivity (Wildman–Crippen MR) is 223 cm³/mol. The first-order valence-electron chi connectivity index (χ1n) is 17.3. The van der Waals surface area contributed by atoms with E-state index in [4.69, 9.17) is 34.2 Å². The van der Waals surface area contributed by atoms with Gasteiger partial charge in [-0.1, -0.05) is 27.0 Å². The van der Waals surface area contributed by atoms with Crippen LogP contribution in [-0.4, -0.2) is 90.9 Å². The summed E-state index contributed by atoms with van der Waals surface area (Å²) in [4.78, 5) is 24.1. The fraction of sp³-hybridized carbons (Fsp3) is 0.806. The molecule has 0 aromatic heterocycles. The average Bonchev–Trinajstić information content (AvgIpc) is 2.78. The molecule has 0 aliphatic heterocycles. The maximum Gasteiger partial charge on any atom is 0.512 e. The van der Waals surface area contributed by atoms with E-state index in [1.165, 1.54) is 6.08 Å². The van der Waals surface area contributed by atoms with Gasteiger partial charge in [0.05, 0.1) is 0 Å². The standard InChI is InChI=1S/C16H38O5Si4.C15H36O5Si4/c1-13-15(18-16(17)14(2)3)25(19-22(4,5)6,20-23(7,8)9)21-24(10,11)12;1-12-14(16)17-15(13-2)24(18-21(3,4)5,19-22(6,7)8)20-23(9,10)11/h15H,2,13H2,1,3-12H3;12,15H,1,13H2,2-11H3. The van der Waals surface area contributed by atoms with Crippen molar-refractivity contribution in [1.29, 1.82) is 0 Å². The Bertz CT molecular complexity index is 997. The molecule has 18 heteroatoms. The van der Waals surface area contributed by atoms with Crippen molar-refractivity contribution in [2.75, 3.05) is 0 Å². The summed E-state index contributed by atoms with van der Waals surface area (Å²) in [5, 5.41) is 0. The molecule has 2 atom stereocenters. The SMILES string of the molecule is C=C(C)C(=O)OC(CC)[Si](O[Si](C)(C)C)(O[Si](C)(C)C)O[Si](C)(C)C.C=CC(=O)OC(CC)[Si](O[Si](C)(C)C)(O[Si](C)(C)C)O[Si](C)(C)C. The number of carbonyl (C=O) groups excluding carboxylic acids is 2. The molecule has 0 fully saturated rings. The number of rotatable bonds is 20. The lowest BCUT2D eigenvalue weighted by molar-refractivity contribution is -0.143. The Labute approximate surface area is 309 Å². The van der Waals surface area contributed by atoms with Crippen molar-refractivity contribution in [2.24, 2.45) is 0 Å². The van der Waals surface area contributed by atoms with E-state index in [2.05, 4.69) is 131 Å². The molecular formula is C31H74O10Si8. The lowest BCUT2D eigenvalue weighted by Gasteiger charge is -2.45. The molecule has 2 unspecified atom stereocenters. The quantitative estimate of drug-likeness (QED) is 0.0669. The second kappa shape index (κ2) is 19.3. The maximum atomic E-state index is 12.2. The normalized spacial score (nSPS) is 15.0. The van der Waals surface area contributed by atoms with Crippen LogP contribution in [0.4, 0.5) is 0 Å². The second-order valence-electron chi connectivity index (χ2n) is 18.1. The van der Waals surface area contributed by atoms with E-state index in [9.17, 15) is 9.59 Å². The molecule has 49 heavy (non-hydrogen) atoms. The number of carbonyl (C=O) groups is 2. The highest BCUT2D eigenvalue weighted by atomic mass is 28.5. The first kappa shape index (κ1) is 51.0. The van der Waals surface area contributed by atoms with E-state index in [0.29, 0.717) is 18.4 Å². The summed E-state index contributed by atoms with van der Waals surface area (Å²) >= 11 is 0. The number of ether oxygens (including phenoxy) is 2. The smallest absolute Gasteiger partial charge is 0.455 e. The van der Waals surface area contributed by atoms with Gasteiger partial charge in [0.1, 0.15) is 0 Å². The van der Waals surface area contributed by atoms with Crippen LogP contribution < -0.4 is 0 Å². The molecule has 0 heterocycles. The van der Waals surface area contributed by atoms with Gasteiger partial charge >= 0.3 is 29.5 Å². The lowest BCUT2D eigenvalue weighted by atomic mass is 10.4. The molecule has 0 saturated carbocycles. The second-order valence-corrected chi connectivity index (χ2v) is 52.1. The summed E-state index contributed by atoms with van der Waals surface area (Å²) in [6, 6.07) is 0. The molecule has 10 nitrogen and oxygen atoms in total. The van der Waals surface area contributed by atoms with Gasteiger partial charge in [0.25, 0.3) is 0 Å². The van der Waals surface area contributed by atoms with Gasteiger partial charge in [-0.05, 0) is 138 Å². The minimum Gasteiger partial charge on any atom is -0.455 e. The summed E-state index contributed by atoms with van der Waals surface area (Å²) in [7, 11) is -18.5. The van der Waals surface area contributed by atoms with Crippen molar-refractivity contribution >= 4 is 79.5 Å². The highest BCUT2D eigenvalue weighted by Gasteiger charge is 2.59. The van der Waals surface area contributed by atoms with E-state index >= 15 is 0 Å². The van der Waals surface area contributed by atoms with Crippen molar-refractivity contribution in [2.45, 2.75) is 163 Å². The zero-order chi connectivity index (χ0) is 39.7. The highest BCUT2D eigenvalue weighted by Crippen LogP contribution is 2.33. The van der Waals surface area contributed by atoms with Gasteiger partial charge in [-0.25, -0.2) is 9.59 Å². The Hall–Kier alpha value is -0.0849. The predicted octanol–water partition coefficient (Wildman–Crippen LogP) is 9.44. The summed E-state index contributed by atoms with van der Waals surface area (Å²) in [5.74, 6) is -0.877. The molecule has 290 valence electrons. The molecule has 0 N–H and O–H groups in total. The molecule has 0 radical (unpaired) electrons. The van der Waals surface area contributed by atoms with E-state index in [-0.39, 0.29) is 0 Å². The van der Waals surface area contributed by atoms with Crippen molar-refractivity contribution < 1.29 is 43.8 Å². The van der Waals surface area contributed by atoms with Gasteiger partial charge in [0.2, 0.25) is 0 Å². The average molecular weight is 832 g/mol. The molecule has 0 aliphatic carbocycles. The van der Waals surface area contributed by atoms with Crippen LogP contribution in [0.1, 0.15) is 33.6 Å². The van der Waals surface area contributed by atoms with E-state index in [0.717, 1.165) is 0 Å². The van der Waals surface area contributed by atoms with Crippen LogP contribution >= 0.6 is 0 Å². The molecule has 0 aromatic carbocycles. The molecule has 0 aromatic rings. The van der Waals surface area contributed by atoms with Gasteiger partial charge in [0.15, 0.2) is 61.4 Å². The molecule has 0 saturated heterocycles. The molecule has 0 bridgehead atoms.